The van der Waals surface area contributed by atoms with Crippen LogP contribution in [0.1, 0.15) is 16.2 Å². The molecule has 2 aromatic rings. The fourth-order valence-electron chi connectivity index (χ4n) is 1.35. The molecule has 0 spiro atoms. The third-order valence-electron chi connectivity index (χ3n) is 2.22. The summed E-state index contributed by atoms with van der Waals surface area (Å²) in [5, 5.41) is 10.4. The van der Waals surface area contributed by atoms with E-state index in [0.29, 0.717) is 5.56 Å². The molecule has 1 heterocycles. The van der Waals surface area contributed by atoms with E-state index in [1.165, 1.54) is 0 Å². The summed E-state index contributed by atoms with van der Waals surface area (Å²) in [6.45, 7) is 0.123. The Morgan fingerprint density at radius 3 is 2.70 bits per heavy atom. The Bertz CT molecular complexity index is 600. The van der Waals surface area contributed by atoms with E-state index in [9.17, 15) is 9.59 Å². The van der Waals surface area contributed by atoms with E-state index in [2.05, 4.69) is 15.5 Å². The van der Waals surface area contributed by atoms with E-state index in [1.54, 1.807) is 24.3 Å². The maximum absolute atomic E-state index is 11.8. The molecule has 20 heavy (non-hydrogen) atoms. The SMILES string of the molecule is NC(=O)CSc1nnc(CNC(=O)c2ccccc2)o1. The highest BCUT2D eigenvalue weighted by Gasteiger charge is 2.10. The molecule has 0 atom stereocenters. The third-order valence-corrected chi connectivity index (χ3v) is 3.06. The highest BCUT2D eigenvalue weighted by molar-refractivity contribution is 7.99. The van der Waals surface area contributed by atoms with Gasteiger partial charge in [-0.25, -0.2) is 0 Å². The van der Waals surface area contributed by atoms with Crippen LogP contribution in [-0.2, 0) is 11.3 Å². The molecular weight excluding hydrogens is 280 g/mol. The summed E-state index contributed by atoms with van der Waals surface area (Å²) in [7, 11) is 0. The van der Waals surface area contributed by atoms with E-state index in [0.717, 1.165) is 11.8 Å². The van der Waals surface area contributed by atoms with Crippen LogP contribution in [0.4, 0.5) is 0 Å². The van der Waals surface area contributed by atoms with Crippen LogP contribution in [0.5, 0.6) is 0 Å². The number of primary amides is 1. The Labute approximate surface area is 118 Å². The Balaban J connectivity index is 1.85. The van der Waals surface area contributed by atoms with Gasteiger partial charge < -0.3 is 15.5 Å². The lowest BCUT2D eigenvalue weighted by Crippen LogP contribution is -2.22. The summed E-state index contributed by atoms with van der Waals surface area (Å²) in [5.74, 6) is -0.360. The zero-order chi connectivity index (χ0) is 14.4. The number of nitrogens with zero attached hydrogens (tertiary/aromatic N) is 2. The maximum atomic E-state index is 11.8. The molecule has 2 rings (SSSR count). The third kappa shape index (κ3) is 4.09. The summed E-state index contributed by atoms with van der Waals surface area (Å²) in [5.41, 5.74) is 5.55. The molecule has 3 N–H and O–H groups in total. The molecule has 0 aliphatic rings. The average Bonchev–Trinajstić information content (AvgIpc) is 2.91. The predicted octanol–water partition coefficient (Wildman–Crippen LogP) is 0.577. The fourth-order valence-corrected chi connectivity index (χ4v) is 1.87. The quantitative estimate of drug-likeness (QED) is 0.753. The lowest BCUT2D eigenvalue weighted by atomic mass is 10.2. The normalized spacial score (nSPS) is 10.2. The Morgan fingerprint density at radius 1 is 1.25 bits per heavy atom. The van der Waals surface area contributed by atoms with Crippen molar-refractivity contribution in [3.8, 4) is 0 Å². The van der Waals surface area contributed by atoms with Gasteiger partial charge in [0.05, 0.1) is 12.3 Å². The van der Waals surface area contributed by atoms with Crippen LogP contribution in [-0.4, -0.2) is 27.8 Å². The predicted molar refractivity (Wildman–Crippen MR) is 71.8 cm³/mol. The van der Waals surface area contributed by atoms with Crippen molar-refractivity contribution in [1.29, 1.82) is 0 Å². The number of amides is 2. The molecule has 0 fully saturated rings. The molecule has 2 amide bonds. The first kappa shape index (κ1) is 14.1. The molecule has 0 aliphatic heterocycles. The molecule has 1 aromatic carbocycles. The number of hydrogen-bond acceptors (Lipinski definition) is 6. The van der Waals surface area contributed by atoms with Gasteiger partial charge in [-0.1, -0.05) is 30.0 Å². The summed E-state index contributed by atoms with van der Waals surface area (Å²) in [6, 6.07) is 8.80. The largest absolute Gasteiger partial charge is 0.414 e. The first-order chi connectivity index (χ1) is 9.65. The van der Waals surface area contributed by atoms with Crippen LogP contribution in [0.3, 0.4) is 0 Å². The van der Waals surface area contributed by atoms with Crippen molar-refractivity contribution in [3.63, 3.8) is 0 Å². The molecular formula is C12H12N4O3S. The van der Waals surface area contributed by atoms with Gasteiger partial charge in [0, 0.05) is 5.56 Å². The van der Waals surface area contributed by atoms with Crippen LogP contribution in [0.25, 0.3) is 0 Å². The summed E-state index contributed by atoms with van der Waals surface area (Å²) in [4.78, 5) is 22.4. The number of rotatable bonds is 6. The highest BCUT2D eigenvalue weighted by Crippen LogP contribution is 2.15. The topological polar surface area (TPSA) is 111 Å². The van der Waals surface area contributed by atoms with E-state index < -0.39 is 5.91 Å². The molecule has 1 aromatic heterocycles. The second-order valence-corrected chi connectivity index (χ2v) is 4.69. The molecule has 0 saturated carbocycles. The van der Waals surface area contributed by atoms with Gasteiger partial charge in [-0.3, -0.25) is 9.59 Å². The lowest BCUT2D eigenvalue weighted by molar-refractivity contribution is -0.115. The monoisotopic (exact) mass is 292 g/mol. The van der Waals surface area contributed by atoms with Gasteiger partial charge in [-0.2, -0.15) is 0 Å². The van der Waals surface area contributed by atoms with Gasteiger partial charge >= 0.3 is 0 Å². The van der Waals surface area contributed by atoms with E-state index >= 15 is 0 Å². The van der Waals surface area contributed by atoms with Crippen LogP contribution in [0.15, 0.2) is 40.0 Å². The van der Waals surface area contributed by atoms with Crippen molar-refractivity contribution >= 4 is 23.6 Å². The van der Waals surface area contributed by atoms with Crippen LogP contribution >= 0.6 is 11.8 Å². The minimum Gasteiger partial charge on any atom is -0.414 e. The molecule has 0 radical (unpaired) electrons. The molecule has 0 bridgehead atoms. The van der Waals surface area contributed by atoms with Crippen LogP contribution in [0.2, 0.25) is 0 Å². The van der Waals surface area contributed by atoms with Gasteiger partial charge in [0.15, 0.2) is 0 Å². The molecule has 0 unspecified atom stereocenters. The zero-order valence-corrected chi connectivity index (χ0v) is 11.2. The van der Waals surface area contributed by atoms with Gasteiger partial charge in [0.25, 0.3) is 11.1 Å². The first-order valence-electron chi connectivity index (χ1n) is 5.72. The minimum absolute atomic E-state index is 0.0675. The fraction of sp³-hybridized carbons (Fsp3) is 0.167. The van der Waals surface area contributed by atoms with E-state index in [1.807, 2.05) is 6.07 Å². The van der Waals surface area contributed by atoms with Crippen molar-refractivity contribution in [2.24, 2.45) is 5.73 Å². The number of hydrogen-bond donors (Lipinski definition) is 2. The molecule has 0 aliphatic carbocycles. The number of carbonyl (C=O) groups is 2. The lowest BCUT2D eigenvalue weighted by Gasteiger charge is -2.01. The number of nitrogens with one attached hydrogen (secondary N) is 1. The number of benzene rings is 1. The van der Waals surface area contributed by atoms with Gasteiger partial charge in [-0.15, -0.1) is 10.2 Å². The van der Waals surface area contributed by atoms with Crippen molar-refractivity contribution in [3.05, 3.63) is 41.8 Å². The second-order valence-electron chi connectivity index (χ2n) is 3.77. The van der Waals surface area contributed by atoms with Gasteiger partial charge in [0.2, 0.25) is 11.8 Å². The van der Waals surface area contributed by atoms with Crippen molar-refractivity contribution in [2.75, 3.05) is 5.75 Å². The number of carbonyl (C=O) groups excluding carboxylic acids is 2. The Morgan fingerprint density at radius 2 is 2.00 bits per heavy atom. The van der Waals surface area contributed by atoms with Gasteiger partial charge in [-0.05, 0) is 12.1 Å². The Kier molecular flexibility index (Phi) is 4.72. The van der Waals surface area contributed by atoms with Crippen molar-refractivity contribution in [2.45, 2.75) is 11.8 Å². The first-order valence-corrected chi connectivity index (χ1v) is 6.70. The molecule has 0 saturated heterocycles. The highest BCUT2D eigenvalue weighted by atomic mass is 32.2. The summed E-state index contributed by atoms with van der Waals surface area (Å²) < 4.78 is 5.24. The molecule has 7 nitrogen and oxygen atoms in total. The molecule has 104 valence electrons. The Hall–Kier alpha value is -2.35. The van der Waals surface area contributed by atoms with Crippen molar-refractivity contribution < 1.29 is 14.0 Å². The number of nitrogens with two attached hydrogens (primary N) is 1. The van der Waals surface area contributed by atoms with E-state index in [4.69, 9.17) is 10.2 Å². The molecule has 8 heteroatoms. The van der Waals surface area contributed by atoms with Crippen molar-refractivity contribution in [1.82, 2.24) is 15.5 Å². The standard InChI is InChI=1S/C12H12N4O3S/c13-9(17)7-20-12-16-15-10(19-12)6-14-11(18)8-4-2-1-3-5-8/h1-5H,6-7H2,(H2,13,17)(H,14,18). The van der Waals surface area contributed by atoms with E-state index in [-0.39, 0.29) is 29.3 Å². The minimum atomic E-state index is -0.466. The average molecular weight is 292 g/mol. The van der Waals surface area contributed by atoms with Crippen LogP contribution < -0.4 is 11.1 Å². The number of thioether (sulfide) groups is 1. The second kappa shape index (κ2) is 6.71. The van der Waals surface area contributed by atoms with Crippen LogP contribution in [0, 0.1) is 0 Å². The zero-order valence-electron chi connectivity index (χ0n) is 10.4. The smallest absolute Gasteiger partial charge is 0.277 e. The van der Waals surface area contributed by atoms with Gasteiger partial charge in [0.1, 0.15) is 0 Å². The number of aromatic nitrogens is 2. The summed E-state index contributed by atoms with van der Waals surface area (Å²) >= 11 is 1.05. The summed E-state index contributed by atoms with van der Waals surface area (Å²) in [6.07, 6.45) is 0. The maximum Gasteiger partial charge on any atom is 0.277 e.